The Morgan fingerprint density at radius 3 is 2.66 bits per heavy atom. The van der Waals surface area contributed by atoms with Crippen LogP contribution in [0, 0.1) is 0 Å². The van der Waals surface area contributed by atoms with E-state index in [0.29, 0.717) is 16.9 Å². The summed E-state index contributed by atoms with van der Waals surface area (Å²) in [4.78, 5) is 18.5. The number of nitrogens with two attached hydrogens (primary N) is 1. The topological polar surface area (TPSA) is 87.9 Å². The third-order valence-corrected chi connectivity index (χ3v) is 5.10. The maximum absolute atomic E-state index is 12.4. The molecule has 1 amide bonds. The number of carbonyl (C=O) groups is 1. The summed E-state index contributed by atoms with van der Waals surface area (Å²) in [6, 6.07) is 15.8. The molecule has 4 aromatic rings. The summed E-state index contributed by atoms with van der Waals surface area (Å²) in [5, 5.41) is 8.46. The van der Waals surface area contributed by atoms with E-state index in [2.05, 4.69) is 40.3 Å². The highest BCUT2D eigenvalue weighted by molar-refractivity contribution is 6.00. The maximum atomic E-state index is 12.4. The van der Waals surface area contributed by atoms with Crippen LogP contribution >= 0.6 is 0 Å². The minimum absolute atomic E-state index is 0.126. The number of aromatic amines is 1. The first-order chi connectivity index (χ1) is 14.0. The molecule has 0 aliphatic heterocycles. The van der Waals surface area contributed by atoms with E-state index in [-0.39, 0.29) is 5.91 Å². The van der Waals surface area contributed by atoms with Crippen LogP contribution in [0.3, 0.4) is 0 Å². The lowest BCUT2D eigenvalue weighted by Crippen LogP contribution is -2.22. The molecular formula is C23H23N5O. The van der Waals surface area contributed by atoms with Crippen molar-refractivity contribution >= 4 is 22.6 Å². The molecule has 2 aromatic carbocycles. The van der Waals surface area contributed by atoms with Crippen LogP contribution in [0.15, 0.2) is 54.7 Å². The van der Waals surface area contributed by atoms with Crippen LogP contribution in [0.4, 0.5) is 5.69 Å². The molecule has 6 heteroatoms. The zero-order valence-corrected chi connectivity index (χ0v) is 16.7. The van der Waals surface area contributed by atoms with Gasteiger partial charge in [0.2, 0.25) is 0 Å². The molecule has 0 aliphatic carbocycles. The SMILES string of the molecule is CCc1ccccc1-c1[nH]nc2ncc(-c3ccc(N)c(C(=O)N(C)C)c3)cc12. The fraction of sp³-hybridized carbons (Fsp3) is 0.174. The van der Waals surface area contributed by atoms with Gasteiger partial charge < -0.3 is 10.6 Å². The summed E-state index contributed by atoms with van der Waals surface area (Å²) >= 11 is 0. The predicted octanol–water partition coefficient (Wildman–Crippen LogP) is 4.14. The standard InChI is InChI=1S/C23H23N5O/c1-4-14-7-5-6-8-17(14)21-19-12-16(13-25-22(19)27-26-21)15-9-10-20(24)18(11-15)23(29)28(2)3/h5-13H,4,24H2,1-3H3,(H,25,26,27). The van der Waals surface area contributed by atoms with E-state index in [1.807, 2.05) is 24.3 Å². The Labute approximate surface area is 169 Å². The largest absolute Gasteiger partial charge is 0.398 e. The highest BCUT2D eigenvalue weighted by Gasteiger charge is 2.16. The van der Waals surface area contributed by atoms with Crippen LogP contribution in [-0.4, -0.2) is 40.1 Å². The second kappa shape index (κ2) is 7.39. The number of aryl methyl sites for hydroxylation is 1. The van der Waals surface area contributed by atoms with Gasteiger partial charge in [-0.2, -0.15) is 5.10 Å². The van der Waals surface area contributed by atoms with Gasteiger partial charge >= 0.3 is 0 Å². The van der Waals surface area contributed by atoms with Crippen molar-refractivity contribution in [1.82, 2.24) is 20.1 Å². The Balaban J connectivity index is 1.85. The molecular weight excluding hydrogens is 362 g/mol. The Kier molecular flexibility index (Phi) is 4.76. The molecule has 0 bridgehead atoms. The van der Waals surface area contributed by atoms with Crippen LogP contribution in [-0.2, 0) is 6.42 Å². The lowest BCUT2D eigenvalue weighted by atomic mass is 9.98. The molecule has 6 nitrogen and oxygen atoms in total. The smallest absolute Gasteiger partial charge is 0.255 e. The third kappa shape index (κ3) is 3.33. The summed E-state index contributed by atoms with van der Waals surface area (Å²) in [7, 11) is 3.43. The van der Waals surface area contributed by atoms with Crippen molar-refractivity contribution in [2.75, 3.05) is 19.8 Å². The number of benzene rings is 2. The van der Waals surface area contributed by atoms with E-state index in [1.54, 1.807) is 26.4 Å². The molecule has 0 atom stereocenters. The minimum Gasteiger partial charge on any atom is -0.398 e. The van der Waals surface area contributed by atoms with Crippen molar-refractivity contribution in [3.8, 4) is 22.4 Å². The molecule has 3 N–H and O–H groups in total. The van der Waals surface area contributed by atoms with Crippen molar-refractivity contribution in [2.24, 2.45) is 0 Å². The molecule has 0 saturated heterocycles. The first kappa shape index (κ1) is 18.7. The number of nitrogens with one attached hydrogen (secondary N) is 1. The lowest BCUT2D eigenvalue weighted by molar-refractivity contribution is 0.0828. The number of hydrogen-bond donors (Lipinski definition) is 2. The molecule has 2 aromatic heterocycles. The number of anilines is 1. The van der Waals surface area contributed by atoms with Crippen molar-refractivity contribution < 1.29 is 4.79 Å². The summed E-state index contributed by atoms with van der Waals surface area (Å²) in [5.41, 5.74) is 12.7. The van der Waals surface area contributed by atoms with Crippen molar-refractivity contribution in [2.45, 2.75) is 13.3 Å². The van der Waals surface area contributed by atoms with Crippen LogP contribution in [0.25, 0.3) is 33.4 Å². The van der Waals surface area contributed by atoms with E-state index < -0.39 is 0 Å². The van der Waals surface area contributed by atoms with E-state index >= 15 is 0 Å². The van der Waals surface area contributed by atoms with Gasteiger partial charge in [-0.15, -0.1) is 0 Å². The van der Waals surface area contributed by atoms with Crippen molar-refractivity contribution in [3.05, 3.63) is 65.9 Å². The normalized spacial score (nSPS) is 11.0. The van der Waals surface area contributed by atoms with Crippen molar-refractivity contribution in [1.29, 1.82) is 0 Å². The number of fused-ring (bicyclic) bond motifs is 1. The van der Waals surface area contributed by atoms with Crippen LogP contribution < -0.4 is 5.73 Å². The highest BCUT2D eigenvalue weighted by Crippen LogP contribution is 2.32. The summed E-state index contributed by atoms with van der Waals surface area (Å²) in [6.45, 7) is 2.14. The quantitative estimate of drug-likeness (QED) is 0.517. The number of nitrogens with zero attached hydrogens (tertiary/aromatic N) is 3. The molecule has 4 rings (SSSR count). The molecule has 2 heterocycles. The zero-order chi connectivity index (χ0) is 20.5. The van der Waals surface area contributed by atoms with Crippen molar-refractivity contribution in [3.63, 3.8) is 0 Å². The maximum Gasteiger partial charge on any atom is 0.255 e. The van der Waals surface area contributed by atoms with Gasteiger partial charge in [0, 0.05) is 42.5 Å². The van der Waals surface area contributed by atoms with Gasteiger partial charge in [-0.05, 0) is 35.7 Å². The van der Waals surface area contributed by atoms with Gasteiger partial charge in [-0.3, -0.25) is 9.89 Å². The van der Waals surface area contributed by atoms with Crippen LogP contribution in [0.2, 0.25) is 0 Å². The Bertz CT molecular complexity index is 1210. The average Bonchev–Trinajstić information content (AvgIpc) is 3.16. The molecule has 0 saturated carbocycles. The van der Waals surface area contributed by atoms with Gasteiger partial charge in [0.1, 0.15) is 0 Å². The van der Waals surface area contributed by atoms with Gasteiger partial charge in [0.15, 0.2) is 5.65 Å². The molecule has 0 aliphatic rings. The first-order valence-electron chi connectivity index (χ1n) is 9.53. The number of H-pyrrole nitrogens is 1. The second-order valence-corrected chi connectivity index (χ2v) is 7.21. The predicted molar refractivity (Wildman–Crippen MR) is 117 cm³/mol. The van der Waals surface area contributed by atoms with Gasteiger partial charge in [-0.25, -0.2) is 4.98 Å². The third-order valence-electron chi connectivity index (χ3n) is 5.10. The second-order valence-electron chi connectivity index (χ2n) is 7.21. The number of amides is 1. The van der Waals surface area contributed by atoms with E-state index in [9.17, 15) is 4.79 Å². The minimum atomic E-state index is -0.126. The monoisotopic (exact) mass is 385 g/mol. The van der Waals surface area contributed by atoms with E-state index in [4.69, 9.17) is 5.73 Å². The first-order valence-corrected chi connectivity index (χ1v) is 9.53. The van der Waals surface area contributed by atoms with Gasteiger partial charge in [0.25, 0.3) is 5.91 Å². The van der Waals surface area contributed by atoms with Gasteiger partial charge in [-0.1, -0.05) is 37.3 Å². The molecule has 0 spiro atoms. The van der Waals surface area contributed by atoms with Crippen LogP contribution in [0.1, 0.15) is 22.8 Å². The molecule has 0 unspecified atom stereocenters. The Morgan fingerprint density at radius 2 is 1.90 bits per heavy atom. The summed E-state index contributed by atoms with van der Waals surface area (Å²) in [6.07, 6.45) is 2.70. The fourth-order valence-electron chi connectivity index (χ4n) is 3.50. The number of hydrogen-bond acceptors (Lipinski definition) is 4. The zero-order valence-electron chi connectivity index (χ0n) is 16.7. The number of rotatable bonds is 4. The number of nitrogen functional groups attached to an aromatic ring is 1. The fourth-order valence-corrected chi connectivity index (χ4v) is 3.50. The van der Waals surface area contributed by atoms with Crippen LogP contribution in [0.5, 0.6) is 0 Å². The number of pyridine rings is 1. The Morgan fingerprint density at radius 1 is 1.10 bits per heavy atom. The average molecular weight is 385 g/mol. The highest BCUT2D eigenvalue weighted by atomic mass is 16.2. The molecule has 29 heavy (non-hydrogen) atoms. The number of carbonyl (C=O) groups excluding carboxylic acids is 1. The van der Waals surface area contributed by atoms with E-state index in [1.165, 1.54) is 10.5 Å². The number of aromatic nitrogens is 3. The molecule has 146 valence electrons. The lowest BCUT2D eigenvalue weighted by Gasteiger charge is -2.13. The summed E-state index contributed by atoms with van der Waals surface area (Å²) in [5.74, 6) is -0.126. The Hall–Kier alpha value is -3.67. The molecule has 0 fully saturated rings. The summed E-state index contributed by atoms with van der Waals surface area (Å²) < 4.78 is 0. The van der Waals surface area contributed by atoms with Gasteiger partial charge in [0.05, 0.1) is 11.3 Å². The molecule has 0 radical (unpaired) electrons. The van der Waals surface area contributed by atoms with E-state index in [0.717, 1.165) is 34.2 Å².